The van der Waals surface area contributed by atoms with Crippen molar-refractivity contribution in [3.63, 3.8) is 0 Å². The van der Waals surface area contributed by atoms with E-state index in [9.17, 15) is 9.59 Å². The fraction of sp³-hybridized carbons (Fsp3) is 0.750. The van der Waals surface area contributed by atoms with Crippen LogP contribution in [0, 0.1) is 5.92 Å². The Balaban J connectivity index is 2.72. The van der Waals surface area contributed by atoms with Crippen LogP contribution in [0.25, 0.3) is 0 Å². The molecule has 0 aliphatic carbocycles. The lowest BCUT2D eigenvalue weighted by Crippen LogP contribution is -2.46. The van der Waals surface area contributed by atoms with Crippen LogP contribution in [0.4, 0.5) is 4.79 Å². The molecule has 13 heavy (non-hydrogen) atoms. The number of hydrogen-bond donors (Lipinski definition) is 0. The van der Waals surface area contributed by atoms with Crippen molar-refractivity contribution in [1.82, 2.24) is 4.90 Å². The highest BCUT2D eigenvalue weighted by Gasteiger charge is 2.32. The molecule has 1 aliphatic heterocycles. The fourth-order valence-corrected chi connectivity index (χ4v) is 1.98. The third kappa shape index (κ3) is 2.58. The zero-order valence-electron chi connectivity index (χ0n) is 7.30. The summed E-state index contributed by atoms with van der Waals surface area (Å²) < 4.78 is 0. The van der Waals surface area contributed by atoms with E-state index < -0.39 is 16.7 Å². The van der Waals surface area contributed by atoms with Gasteiger partial charge in [0.2, 0.25) is 5.24 Å². The van der Waals surface area contributed by atoms with Crippen LogP contribution in [0.15, 0.2) is 0 Å². The molecule has 1 fully saturated rings. The molecule has 0 aromatic rings. The monoisotopic (exact) mass is 223 g/mol. The van der Waals surface area contributed by atoms with Gasteiger partial charge >= 0.3 is 5.37 Å². The number of hydrogen-bond acceptors (Lipinski definition) is 2. The van der Waals surface area contributed by atoms with Gasteiger partial charge in [-0.15, -0.1) is 0 Å². The Bertz CT molecular complexity index is 232. The van der Waals surface area contributed by atoms with Gasteiger partial charge in [0.1, 0.15) is 6.04 Å². The minimum Gasteiger partial charge on any atom is -0.318 e. The summed E-state index contributed by atoms with van der Waals surface area (Å²) in [6, 6.07) is -0.532. The van der Waals surface area contributed by atoms with E-state index in [4.69, 9.17) is 23.2 Å². The van der Waals surface area contributed by atoms with E-state index in [1.54, 1.807) is 0 Å². The van der Waals surface area contributed by atoms with Crippen LogP contribution >= 0.6 is 23.2 Å². The van der Waals surface area contributed by atoms with E-state index in [0.29, 0.717) is 18.9 Å². The summed E-state index contributed by atoms with van der Waals surface area (Å²) in [6.07, 6.45) is 1.49. The standard InChI is InChI=1S/C8H11Cl2NO2/c1-5-2-3-11(8(10)13)6(4-5)7(9)12/h5-6H,2-4H2,1H3. The van der Waals surface area contributed by atoms with Crippen molar-refractivity contribution < 1.29 is 9.59 Å². The Labute approximate surface area is 87.0 Å². The average Bonchev–Trinajstić information content (AvgIpc) is 2.03. The number of carbonyl (C=O) groups is 2. The normalized spacial score (nSPS) is 28.7. The molecule has 1 aliphatic rings. The van der Waals surface area contributed by atoms with Crippen molar-refractivity contribution in [3.8, 4) is 0 Å². The predicted molar refractivity (Wildman–Crippen MR) is 51.0 cm³/mol. The Morgan fingerprint density at radius 2 is 2.00 bits per heavy atom. The number of nitrogens with zero attached hydrogens (tertiary/aromatic N) is 1. The topological polar surface area (TPSA) is 37.4 Å². The molecule has 0 bridgehead atoms. The van der Waals surface area contributed by atoms with Crippen LogP contribution in [-0.2, 0) is 4.79 Å². The van der Waals surface area contributed by atoms with Crippen LogP contribution in [0.2, 0.25) is 0 Å². The average molecular weight is 224 g/mol. The van der Waals surface area contributed by atoms with E-state index in [0.717, 1.165) is 6.42 Å². The van der Waals surface area contributed by atoms with E-state index in [2.05, 4.69) is 0 Å². The van der Waals surface area contributed by atoms with Crippen LogP contribution in [0.5, 0.6) is 0 Å². The highest BCUT2D eigenvalue weighted by molar-refractivity contribution is 6.66. The number of carbonyl (C=O) groups excluding carboxylic acids is 2. The highest BCUT2D eigenvalue weighted by atomic mass is 35.5. The van der Waals surface area contributed by atoms with Crippen LogP contribution < -0.4 is 0 Å². The Hall–Kier alpha value is -0.280. The van der Waals surface area contributed by atoms with Gasteiger partial charge in [-0.1, -0.05) is 6.92 Å². The molecular weight excluding hydrogens is 213 g/mol. The smallest absolute Gasteiger partial charge is 0.317 e. The Morgan fingerprint density at radius 1 is 1.38 bits per heavy atom. The summed E-state index contributed by atoms with van der Waals surface area (Å²) in [5, 5.41) is -1.09. The fourth-order valence-electron chi connectivity index (χ4n) is 1.57. The second-order valence-electron chi connectivity index (χ2n) is 3.40. The third-order valence-electron chi connectivity index (χ3n) is 2.35. The van der Waals surface area contributed by atoms with E-state index >= 15 is 0 Å². The maximum atomic E-state index is 11.0. The lowest BCUT2D eigenvalue weighted by Gasteiger charge is -2.34. The Morgan fingerprint density at radius 3 is 2.46 bits per heavy atom. The molecule has 74 valence electrons. The first-order chi connectivity index (χ1) is 6.02. The number of rotatable bonds is 1. The number of amides is 1. The molecule has 5 heteroatoms. The Kier molecular flexibility index (Phi) is 3.56. The van der Waals surface area contributed by atoms with Gasteiger partial charge < -0.3 is 4.90 Å². The summed E-state index contributed by atoms with van der Waals surface area (Å²) >= 11 is 10.7. The molecule has 0 radical (unpaired) electrons. The third-order valence-corrected chi connectivity index (χ3v) is 2.82. The SMILES string of the molecule is CC1CCN(C(=O)Cl)C(C(=O)Cl)C1. The van der Waals surface area contributed by atoms with Gasteiger partial charge in [-0.2, -0.15) is 0 Å². The molecule has 2 atom stereocenters. The molecule has 0 N–H and O–H groups in total. The quantitative estimate of drug-likeness (QED) is 0.505. The molecule has 0 aromatic heterocycles. The van der Waals surface area contributed by atoms with Crippen molar-refractivity contribution in [3.05, 3.63) is 0 Å². The summed E-state index contributed by atoms with van der Waals surface area (Å²) in [7, 11) is 0. The molecule has 0 spiro atoms. The lowest BCUT2D eigenvalue weighted by molar-refractivity contribution is -0.116. The van der Waals surface area contributed by atoms with Gasteiger partial charge in [-0.05, 0) is 42.0 Å². The molecule has 2 unspecified atom stereocenters. The van der Waals surface area contributed by atoms with Crippen molar-refractivity contribution in [2.45, 2.75) is 25.8 Å². The number of halogens is 2. The van der Waals surface area contributed by atoms with Crippen LogP contribution in [0.3, 0.4) is 0 Å². The molecular formula is C8H11Cl2NO2. The van der Waals surface area contributed by atoms with Gasteiger partial charge in [-0.25, -0.2) is 0 Å². The minimum atomic E-state index is -0.592. The molecule has 1 amide bonds. The summed E-state index contributed by atoms with van der Waals surface area (Å²) in [4.78, 5) is 23.2. The van der Waals surface area contributed by atoms with Gasteiger partial charge in [0.15, 0.2) is 0 Å². The molecule has 1 saturated heterocycles. The predicted octanol–water partition coefficient (Wildman–Crippen LogP) is 2.21. The number of likely N-dealkylation sites (tertiary alicyclic amines) is 1. The summed E-state index contributed by atoms with van der Waals surface area (Å²) in [6.45, 7) is 2.55. The van der Waals surface area contributed by atoms with Crippen LogP contribution in [-0.4, -0.2) is 28.1 Å². The molecule has 0 aromatic carbocycles. The van der Waals surface area contributed by atoms with Gasteiger partial charge in [-0.3, -0.25) is 9.59 Å². The first-order valence-corrected chi connectivity index (χ1v) is 4.93. The van der Waals surface area contributed by atoms with E-state index in [1.807, 2.05) is 6.92 Å². The maximum absolute atomic E-state index is 11.0. The second kappa shape index (κ2) is 4.29. The van der Waals surface area contributed by atoms with Gasteiger partial charge in [0.05, 0.1) is 0 Å². The first-order valence-electron chi connectivity index (χ1n) is 4.18. The summed E-state index contributed by atoms with van der Waals surface area (Å²) in [5.74, 6) is 0.417. The van der Waals surface area contributed by atoms with Crippen molar-refractivity contribution >= 4 is 33.8 Å². The largest absolute Gasteiger partial charge is 0.318 e. The van der Waals surface area contributed by atoms with E-state index in [-0.39, 0.29) is 0 Å². The first kappa shape index (κ1) is 10.8. The van der Waals surface area contributed by atoms with Crippen molar-refractivity contribution in [2.24, 2.45) is 5.92 Å². The number of piperidine rings is 1. The van der Waals surface area contributed by atoms with Crippen LogP contribution in [0.1, 0.15) is 19.8 Å². The maximum Gasteiger partial charge on any atom is 0.317 e. The summed E-state index contributed by atoms with van der Waals surface area (Å²) in [5.41, 5.74) is 0. The van der Waals surface area contributed by atoms with Gasteiger partial charge in [0, 0.05) is 6.54 Å². The zero-order valence-corrected chi connectivity index (χ0v) is 8.81. The second-order valence-corrected chi connectivity index (χ2v) is 4.09. The lowest BCUT2D eigenvalue weighted by atomic mass is 9.93. The zero-order chi connectivity index (χ0) is 10.0. The van der Waals surface area contributed by atoms with Crippen molar-refractivity contribution in [2.75, 3.05) is 6.54 Å². The molecule has 0 saturated carbocycles. The molecule has 3 nitrogen and oxygen atoms in total. The minimum absolute atomic E-state index is 0.417. The highest BCUT2D eigenvalue weighted by Crippen LogP contribution is 2.24. The van der Waals surface area contributed by atoms with Gasteiger partial charge in [0.25, 0.3) is 0 Å². The molecule has 1 rings (SSSR count). The van der Waals surface area contributed by atoms with Crippen molar-refractivity contribution in [1.29, 1.82) is 0 Å². The van der Waals surface area contributed by atoms with E-state index in [1.165, 1.54) is 4.90 Å². The molecule has 1 heterocycles.